The van der Waals surface area contributed by atoms with Gasteiger partial charge in [0.25, 0.3) is 0 Å². The third kappa shape index (κ3) is 6.15. The summed E-state index contributed by atoms with van der Waals surface area (Å²) in [5.41, 5.74) is 4.19. The van der Waals surface area contributed by atoms with Crippen molar-refractivity contribution < 1.29 is 19.1 Å². The fourth-order valence-electron chi connectivity index (χ4n) is 2.94. The number of rotatable bonds is 9. The second-order valence-electron chi connectivity index (χ2n) is 6.73. The van der Waals surface area contributed by atoms with Crippen molar-refractivity contribution >= 4 is 11.8 Å². The maximum absolute atomic E-state index is 12.6. The van der Waals surface area contributed by atoms with Crippen molar-refractivity contribution in [2.75, 3.05) is 13.2 Å². The minimum absolute atomic E-state index is 0.0117. The zero-order valence-electron chi connectivity index (χ0n) is 16.9. The number of hydrogen-bond acceptors (Lipinski definition) is 5. The summed E-state index contributed by atoms with van der Waals surface area (Å²) in [6.07, 6.45) is 1.40. The minimum atomic E-state index is -0.491. The highest BCUT2D eigenvalue weighted by Crippen LogP contribution is 2.21. The van der Waals surface area contributed by atoms with Crippen LogP contribution in [0.25, 0.3) is 11.1 Å². The van der Waals surface area contributed by atoms with Crippen molar-refractivity contribution in [2.45, 2.75) is 6.42 Å². The van der Waals surface area contributed by atoms with Crippen LogP contribution in [0.4, 0.5) is 0 Å². The SMILES string of the molecule is C=CC(=O)OCCOc1ccc(C(=O)Cc2ccc(-c3ccc(C#N)cc3)cc2)cc1. The van der Waals surface area contributed by atoms with E-state index in [9.17, 15) is 9.59 Å². The lowest BCUT2D eigenvalue weighted by Crippen LogP contribution is -2.10. The number of benzene rings is 3. The molecule has 3 aromatic rings. The van der Waals surface area contributed by atoms with Gasteiger partial charge in [-0.3, -0.25) is 4.79 Å². The molecule has 0 saturated heterocycles. The van der Waals surface area contributed by atoms with Crippen LogP contribution in [0, 0.1) is 11.3 Å². The fraction of sp³-hybridized carbons (Fsp3) is 0.115. The average Bonchev–Trinajstić information content (AvgIpc) is 2.82. The van der Waals surface area contributed by atoms with E-state index in [4.69, 9.17) is 14.7 Å². The quantitative estimate of drug-likeness (QED) is 0.220. The van der Waals surface area contributed by atoms with Gasteiger partial charge in [-0.05, 0) is 53.1 Å². The Labute approximate surface area is 181 Å². The van der Waals surface area contributed by atoms with Crippen LogP contribution in [0.5, 0.6) is 5.75 Å². The molecule has 0 fully saturated rings. The molecule has 0 aromatic heterocycles. The minimum Gasteiger partial charge on any atom is -0.490 e. The third-order valence-electron chi connectivity index (χ3n) is 4.61. The first-order valence-corrected chi connectivity index (χ1v) is 9.74. The van der Waals surface area contributed by atoms with E-state index < -0.39 is 5.97 Å². The van der Waals surface area contributed by atoms with Crippen molar-refractivity contribution in [1.82, 2.24) is 0 Å². The molecule has 0 heterocycles. The lowest BCUT2D eigenvalue weighted by atomic mass is 9.99. The summed E-state index contributed by atoms with van der Waals surface area (Å²) in [6.45, 7) is 3.67. The van der Waals surface area contributed by atoms with E-state index in [0.29, 0.717) is 23.3 Å². The Kier molecular flexibility index (Phi) is 7.34. The molecule has 5 heteroatoms. The molecule has 0 N–H and O–H groups in total. The highest BCUT2D eigenvalue weighted by Gasteiger charge is 2.08. The number of nitrogens with zero attached hydrogens (tertiary/aromatic N) is 1. The first kappa shape index (κ1) is 21.5. The molecule has 3 rings (SSSR count). The number of carbonyl (C=O) groups is 2. The molecule has 0 amide bonds. The van der Waals surface area contributed by atoms with Crippen LogP contribution < -0.4 is 4.74 Å². The highest BCUT2D eigenvalue weighted by atomic mass is 16.6. The molecule has 0 atom stereocenters. The van der Waals surface area contributed by atoms with Gasteiger partial charge < -0.3 is 9.47 Å². The molecule has 0 aliphatic rings. The van der Waals surface area contributed by atoms with Crippen molar-refractivity contribution in [3.8, 4) is 22.9 Å². The van der Waals surface area contributed by atoms with Crippen LogP contribution in [-0.2, 0) is 16.0 Å². The molecule has 31 heavy (non-hydrogen) atoms. The van der Waals surface area contributed by atoms with E-state index in [2.05, 4.69) is 12.6 Å². The first-order valence-electron chi connectivity index (χ1n) is 9.74. The zero-order chi connectivity index (χ0) is 22.1. The summed E-state index contributed by atoms with van der Waals surface area (Å²) in [7, 11) is 0. The summed E-state index contributed by atoms with van der Waals surface area (Å²) in [4.78, 5) is 23.5. The molecule has 0 spiro atoms. The van der Waals surface area contributed by atoms with Gasteiger partial charge in [-0.15, -0.1) is 0 Å². The van der Waals surface area contributed by atoms with E-state index in [0.717, 1.165) is 22.8 Å². The monoisotopic (exact) mass is 411 g/mol. The molecule has 0 unspecified atom stereocenters. The molecule has 0 aliphatic heterocycles. The summed E-state index contributed by atoms with van der Waals surface area (Å²) < 4.78 is 10.3. The van der Waals surface area contributed by atoms with Crippen molar-refractivity contribution in [2.24, 2.45) is 0 Å². The Hall–Kier alpha value is -4.17. The maximum atomic E-state index is 12.6. The predicted octanol–water partition coefficient (Wildman–Crippen LogP) is 4.76. The average molecular weight is 411 g/mol. The normalized spacial score (nSPS) is 10.0. The Morgan fingerprint density at radius 1 is 0.871 bits per heavy atom. The molecule has 0 bridgehead atoms. The van der Waals surface area contributed by atoms with Gasteiger partial charge in [0.1, 0.15) is 19.0 Å². The number of esters is 1. The Morgan fingerprint density at radius 2 is 1.48 bits per heavy atom. The molecule has 5 nitrogen and oxygen atoms in total. The molecule has 0 saturated carbocycles. The van der Waals surface area contributed by atoms with Crippen LogP contribution in [0.15, 0.2) is 85.5 Å². The molecular formula is C26H21NO4. The van der Waals surface area contributed by atoms with Gasteiger partial charge in [-0.2, -0.15) is 5.26 Å². The van der Waals surface area contributed by atoms with E-state index >= 15 is 0 Å². The van der Waals surface area contributed by atoms with E-state index in [1.54, 1.807) is 36.4 Å². The largest absolute Gasteiger partial charge is 0.490 e. The lowest BCUT2D eigenvalue weighted by molar-refractivity contribution is -0.138. The second kappa shape index (κ2) is 10.6. The number of ketones is 1. The summed E-state index contributed by atoms with van der Waals surface area (Å²) in [5, 5.41) is 8.90. The van der Waals surface area contributed by atoms with Crippen molar-refractivity contribution in [1.29, 1.82) is 5.26 Å². The number of Topliss-reactive ketones (excluding diaryl/α,β-unsaturated/α-hetero) is 1. The van der Waals surface area contributed by atoms with Gasteiger partial charge in [0.2, 0.25) is 0 Å². The molecule has 154 valence electrons. The number of nitriles is 1. The topological polar surface area (TPSA) is 76.4 Å². The standard InChI is InChI=1S/C26H21NO4/c1-2-26(29)31-16-15-30-24-13-11-23(12-14-24)25(28)17-19-3-7-21(8-4-19)22-9-5-20(18-27)6-10-22/h2-14H,1,15-17H2. The zero-order valence-corrected chi connectivity index (χ0v) is 16.9. The van der Waals surface area contributed by atoms with Gasteiger partial charge >= 0.3 is 5.97 Å². The van der Waals surface area contributed by atoms with Gasteiger partial charge in [-0.1, -0.05) is 43.0 Å². The molecule has 0 aliphatic carbocycles. The van der Waals surface area contributed by atoms with Gasteiger partial charge in [0.05, 0.1) is 11.6 Å². The van der Waals surface area contributed by atoms with Crippen LogP contribution in [0.2, 0.25) is 0 Å². The summed E-state index contributed by atoms with van der Waals surface area (Å²) in [6, 6.07) is 24.2. The fourth-order valence-corrected chi connectivity index (χ4v) is 2.94. The smallest absolute Gasteiger partial charge is 0.330 e. The number of hydrogen-bond donors (Lipinski definition) is 0. The summed E-state index contributed by atoms with van der Waals surface area (Å²) in [5.74, 6) is 0.116. The van der Waals surface area contributed by atoms with Crippen molar-refractivity contribution in [3.63, 3.8) is 0 Å². The van der Waals surface area contributed by atoms with Crippen LogP contribution >= 0.6 is 0 Å². The third-order valence-corrected chi connectivity index (χ3v) is 4.61. The van der Waals surface area contributed by atoms with E-state index in [1.807, 2.05) is 36.4 Å². The van der Waals surface area contributed by atoms with Crippen LogP contribution in [0.3, 0.4) is 0 Å². The van der Waals surface area contributed by atoms with Crippen LogP contribution in [-0.4, -0.2) is 25.0 Å². The number of carbonyl (C=O) groups excluding carboxylic acids is 2. The Morgan fingerprint density at radius 3 is 2.06 bits per heavy atom. The first-order chi connectivity index (χ1) is 15.1. The van der Waals surface area contributed by atoms with E-state index in [-0.39, 0.29) is 19.0 Å². The van der Waals surface area contributed by atoms with Gasteiger partial charge in [-0.25, -0.2) is 4.79 Å². The Bertz CT molecular complexity index is 1090. The van der Waals surface area contributed by atoms with Crippen LogP contribution in [0.1, 0.15) is 21.5 Å². The second-order valence-corrected chi connectivity index (χ2v) is 6.73. The molecule has 3 aromatic carbocycles. The Balaban J connectivity index is 1.54. The molecule has 0 radical (unpaired) electrons. The maximum Gasteiger partial charge on any atom is 0.330 e. The highest BCUT2D eigenvalue weighted by molar-refractivity contribution is 5.97. The predicted molar refractivity (Wildman–Crippen MR) is 118 cm³/mol. The summed E-state index contributed by atoms with van der Waals surface area (Å²) >= 11 is 0. The lowest BCUT2D eigenvalue weighted by Gasteiger charge is -2.08. The van der Waals surface area contributed by atoms with Crippen molar-refractivity contribution in [3.05, 3.63) is 102 Å². The molecular weight excluding hydrogens is 390 g/mol. The number of ether oxygens (including phenoxy) is 2. The van der Waals surface area contributed by atoms with Gasteiger partial charge in [0.15, 0.2) is 5.78 Å². The van der Waals surface area contributed by atoms with E-state index in [1.165, 1.54) is 0 Å². The van der Waals surface area contributed by atoms with Gasteiger partial charge in [0, 0.05) is 18.1 Å².